The number of anilines is 1. The van der Waals surface area contributed by atoms with Gasteiger partial charge in [-0.3, -0.25) is 0 Å². The maximum absolute atomic E-state index is 5.96. The predicted octanol–water partition coefficient (Wildman–Crippen LogP) is 3.06. The lowest BCUT2D eigenvalue weighted by atomic mass is 10.1. The number of aromatic amines is 1. The SMILES string of the molecule is Nc1cc(-c2c[nH]c3ccc(Cl)cc23)no1. The third kappa shape index (κ3) is 1.35. The molecule has 3 N–H and O–H groups in total. The van der Waals surface area contributed by atoms with E-state index >= 15 is 0 Å². The minimum atomic E-state index is 0.298. The number of nitrogens with one attached hydrogen (secondary N) is 1. The van der Waals surface area contributed by atoms with E-state index in [1.165, 1.54) is 0 Å². The molecule has 0 aliphatic carbocycles. The molecule has 0 aliphatic rings. The van der Waals surface area contributed by atoms with E-state index in [0.29, 0.717) is 16.6 Å². The molecular weight excluding hydrogens is 226 g/mol. The van der Waals surface area contributed by atoms with E-state index in [1.54, 1.807) is 6.07 Å². The van der Waals surface area contributed by atoms with Crippen LogP contribution in [0.25, 0.3) is 22.2 Å². The number of nitrogens with two attached hydrogens (primary N) is 1. The number of rotatable bonds is 1. The normalized spacial score (nSPS) is 11.1. The molecule has 0 atom stereocenters. The Hall–Kier alpha value is -1.94. The number of fused-ring (bicyclic) bond motifs is 1. The van der Waals surface area contributed by atoms with Gasteiger partial charge in [0.2, 0.25) is 5.88 Å². The summed E-state index contributed by atoms with van der Waals surface area (Å²) in [7, 11) is 0. The van der Waals surface area contributed by atoms with Crippen LogP contribution in [0.1, 0.15) is 0 Å². The van der Waals surface area contributed by atoms with Crippen LogP contribution in [-0.4, -0.2) is 10.1 Å². The molecule has 0 spiro atoms. The van der Waals surface area contributed by atoms with Crippen molar-refractivity contribution >= 4 is 28.4 Å². The number of aromatic nitrogens is 2. The van der Waals surface area contributed by atoms with Gasteiger partial charge in [0.1, 0.15) is 5.69 Å². The summed E-state index contributed by atoms with van der Waals surface area (Å²) in [4.78, 5) is 3.14. The van der Waals surface area contributed by atoms with E-state index in [0.717, 1.165) is 16.5 Å². The topological polar surface area (TPSA) is 67.8 Å². The molecule has 4 nitrogen and oxygen atoms in total. The quantitative estimate of drug-likeness (QED) is 0.679. The Morgan fingerprint density at radius 3 is 2.94 bits per heavy atom. The fourth-order valence-corrected chi connectivity index (χ4v) is 1.89. The van der Waals surface area contributed by atoms with Gasteiger partial charge in [0.25, 0.3) is 0 Å². The lowest BCUT2D eigenvalue weighted by Gasteiger charge is -1.94. The van der Waals surface area contributed by atoms with Crippen LogP contribution in [0.15, 0.2) is 35.0 Å². The lowest BCUT2D eigenvalue weighted by Crippen LogP contribution is -1.76. The minimum absolute atomic E-state index is 0.298. The first-order valence-electron chi connectivity index (χ1n) is 4.73. The van der Waals surface area contributed by atoms with Gasteiger partial charge in [-0.15, -0.1) is 0 Å². The van der Waals surface area contributed by atoms with E-state index < -0.39 is 0 Å². The maximum atomic E-state index is 5.96. The molecule has 0 saturated heterocycles. The van der Waals surface area contributed by atoms with Crippen molar-refractivity contribution < 1.29 is 4.52 Å². The highest BCUT2D eigenvalue weighted by atomic mass is 35.5. The molecule has 2 aromatic heterocycles. The van der Waals surface area contributed by atoms with E-state index in [2.05, 4.69) is 10.1 Å². The first kappa shape index (κ1) is 9.30. The highest BCUT2D eigenvalue weighted by Gasteiger charge is 2.10. The number of hydrogen-bond donors (Lipinski definition) is 2. The molecule has 80 valence electrons. The van der Waals surface area contributed by atoms with Crippen molar-refractivity contribution in [1.29, 1.82) is 0 Å². The average molecular weight is 234 g/mol. The van der Waals surface area contributed by atoms with Gasteiger partial charge in [0.15, 0.2) is 0 Å². The predicted molar refractivity (Wildman–Crippen MR) is 63.2 cm³/mol. The van der Waals surface area contributed by atoms with Crippen LogP contribution in [0.4, 0.5) is 5.88 Å². The zero-order valence-electron chi connectivity index (χ0n) is 8.20. The fraction of sp³-hybridized carbons (Fsp3) is 0. The molecule has 1 aromatic carbocycles. The first-order chi connectivity index (χ1) is 7.74. The summed E-state index contributed by atoms with van der Waals surface area (Å²) in [6, 6.07) is 7.32. The van der Waals surface area contributed by atoms with E-state index in [4.69, 9.17) is 21.9 Å². The van der Waals surface area contributed by atoms with Crippen molar-refractivity contribution in [2.24, 2.45) is 0 Å². The molecule has 0 unspecified atom stereocenters. The summed E-state index contributed by atoms with van der Waals surface area (Å²) in [6.45, 7) is 0. The van der Waals surface area contributed by atoms with Gasteiger partial charge >= 0.3 is 0 Å². The zero-order valence-corrected chi connectivity index (χ0v) is 8.95. The van der Waals surface area contributed by atoms with Crippen LogP contribution in [0, 0.1) is 0 Å². The lowest BCUT2D eigenvalue weighted by molar-refractivity contribution is 0.439. The van der Waals surface area contributed by atoms with Crippen molar-refractivity contribution in [1.82, 2.24) is 10.1 Å². The zero-order chi connectivity index (χ0) is 11.1. The van der Waals surface area contributed by atoms with Gasteiger partial charge in [0.05, 0.1) is 0 Å². The summed E-state index contributed by atoms with van der Waals surface area (Å²) in [5, 5.41) is 5.56. The minimum Gasteiger partial charge on any atom is -0.368 e. The van der Waals surface area contributed by atoms with Crippen molar-refractivity contribution in [3.05, 3.63) is 35.5 Å². The Kier molecular flexibility index (Phi) is 1.91. The van der Waals surface area contributed by atoms with Crippen LogP contribution < -0.4 is 5.73 Å². The molecule has 0 saturated carbocycles. The van der Waals surface area contributed by atoms with Gasteiger partial charge in [0, 0.05) is 33.8 Å². The van der Waals surface area contributed by atoms with Gasteiger partial charge in [-0.1, -0.05) is 16.8 Å². The average Bonchev–Trinajstić information content (AvgIpc) is 2.83. The van der Waals surface area contributed by atoms with Crippen LogP contribution in [0.5, 0.6) is 0 Å². The Morgan fingerprint density at radius 2 is 2.19 bits per heavy atom. The highest BCUT2D eigenvalue weighted by molar-refractivity contribution is 6.31. The van der Waals surface area contributed by atoms with Gasteiger partial charge < -0.3 is 15.2 Å². The van der Waals surface area contributed by atoms with Crippen molar-refractivity contribution in [3.63, 3.8) is 0 Å². The number of hydrogen-bond acceptors (Lipinski definition) is 3. The van der Waals surface area contributed by atoms with E-state index in [9.17, 15) is 0 Å². The monoisotopic (exact) mass is 233 g/mol. The maximum Gasteiger partial charge on any atom is 0.222 e. The Bertz CT molecular complexity index is 656. The third-order valence-corrected chi connectivity index (χ3v) is 2.68. The van der Waals surface area contributed by atoms with Crippen LogP contribution in [-0.2, 0) is 0 Å². The first-order valence-corrected chi connectivity index (χ1v) is 5.11. The van der Waals surface area contributed by atoms with Crippen LogP contribution in [0.2, 0.25) is 5.02 Å². The third-order valence-electron chi connectivity index (χ3n) is 2.45. The second-order valence-corrected chi connectivity index (χ2v) is 3.94. The molecule has 16 heavy (non-hydrogen) atoms. The smallest absolute Gasteiger partial charge is 0.222 e. The molecule has 0 aliphatic heterocycles. The molecule has 0 bridgehead atoms. The second kappa shape index (κ2) is 3.28. The van der Waals surface area contributed by atoms with Gasteiger partial charge in [-0.25, -0.2) is 0 Å². The van der Waals surface area contributed by atoms with Gasteiger partial charge in [-0.05, 0) is 18.2 Å². The molecule has 0 fully saturated rings. The summed E-state index contributed by atoms with van der Waals surface area (Å²) in [5.41, 5.74) is 8.12. The summed E-state index contributed by atoms with van der Waals surface area (Å²) < 4.78 is 4.85. The Labute approximate surface area is 96.0 Å². The number of H-pyrrole nitrogens is 1. The molecule has 5 heteroatoms. The summed E-state index contributed by atoms with van der Waals surface area (Å²) >= 11 is 5.96. The molecule has 3 rings (SSSR count). The molecule has 0 radical (unpaired) electrons. The van der Waals surface area contributed by atoms with Crippen LogP contribution >= 0.6 is 11.6 Å². The fourth-order valence-electron chi connectivity index (χ4n) is 1.72. The molecule has 0 amide bonds. The second-order valence-electron chi connectivity index (χ2n) is 3.51. The van der Waals surface area contributed by atoms with E-state index in [-0.39, 0.29) is 0 Å². The highest BCUT2D eigenvalue weighted by Crippen LogP contribution is 2.30. The Morgan fingerprint density at radius 1 is 1.31 bits per heavy atom. The number of nitrogen functional groups attached to an aromatic ring is 1. The Balaban J connectivity index is 2.27. The number of halogens is 1. The van der Waals surface area contributed by atoms with E-state index in [1.807, 2.05) is 24.4 Å². The van der Waals surface area contributed by atoms with Crippen LogP contribution in [0.3, 0.4) is 0 Å². The summed E-state index contributed by atoms with van der Waals surface area (Å²) in [6.07, 6.45) is 1.86. The standard InChI is InChI=1S/C11H8ClN3O/c12-6-1-2-9-7(3-6)8(5-14-9)10-4-11(13)16-15-10/h1-5,14H,13H2. The molecule has 2 heterocycles. The van der Waals surface area contributed by atoms with Crippen molar-refractivity contribution in [2.75, 3.05) is 5.73 Å². The van der Waals surface area contributed by atoms with Crippen molar-refractivity contribution in [3.8, 4) is 11.3 Å². The molecular formula is C11H8ClN3O. The summed E-state index contributed by atoms with van der Waals surface area (Å²) in [5.74, 6) is 0.298. The van der Waals surface area contributed by atoms with Gasteiger partial charge in [-0.2, -0.15) is 0 Å². The largest absolute Gasteiger partial charge is 0.368 e. The molecule has 3 aromatic rings. The van der Waals surface area contributed by atoms with Crippen molar-refractivity contribution in [2.45, 2.75) is 0 Å². The number of benzene rings is 1. The number of nitrogens with zero attached hydrogens (tertiary/aromatic N) is 1.